The average molecular weight is 443 g/mol. The summed E-state index contributed by atoms with van der Waals surface area (Å²) in [6, 6.07) is 7.85. The van der Waals surface area contributed by atoms with Gasteiger partial charge in [-0.15, -0.1) is 0 Å². The van der Waals surface area contributed by atoms with Crippen molar-refractivity contribution in [3.8, 4) is 11.3 Å². The maximum absolute atomic E-state index is 13.6. The van der Waals surface area contributed by atoms with E-state index in [9.17, 15) is 18.4 Å². The fourth-order valence-electron chi connectivity index (χ4n) is 3.39. The highest BCUT2D eigenvalue weighted by Crippen LogP contribution is 2.18. The predicted octanol–water partition coefficient (Wildman–Crippen LogP) is 3.23. The van der Waals surface area contributed by atoms with Crippen molar-refractivity contribution < 1.29 is 13.6 Å². The number of halogens is 2. The van der Waals surface area contributed by atoms with Gasteiger partial charge in [-0.1, -0.05) is 13.8 Å². The molecule has 3 rings (SSSR count). The number of nitrogens with one attached hydrogen (secondary N) is 1. The lowest BCUT2D eigenvalue weighted by Gasteiger charge is -2.23. The molecule has 2 heterocycles. The molecule has 3 aromatic rings. The molecule has 0 aliphatic carbocycles. The number of aryl methyl sites for hydroxylation is 3. The molecule has 0 spiro atoms. The Morgan fingerprint density at radius 2 is 1.78 bits per heavy atom. The van der Waals surface area contributed by atoms with Crippen molar-refractivity contribution in [1.29, 1.82) is 0 Å². The Morgan fingerprint density at radius 3 is 2.41 bits per heavy atom. The van der Waals surface area contributed by atoms with Gasteiger partial charge in [0.2, 0.25) is 5.91 Å². The van der Waals surface area contributed by atoms with Crippen LogP contribution in [0, 0.1) is 31.4 Å². The van der Waals surface area contributed by atoms with E-state index in [0.717, 1.165) is 23.5 Å². The van der Waals surface area contributed by atoms with Gasteiger partial charge in [0.25, 0.3) is 5.56 Å². The Kier molecular flexibility index (Phi) is 7.17. The summed E-state index contributed by atoms with van der Waals surface area (Å²) in [5, 5.41) is 11.6. The maximum Gasteiger partial charge on any atom is 0.266 e. The summed E-state index contributed by atoms with van der Waals surface area (Å²) in [5.41, 5.74) is 2.23. The molecular formula is C23H27F2N5O2. The Morgan fingerprint density at radius 1 is 1.03 bits per heavy atom. The topological polar surface area (TPSA) is 81.8 Å². The van der Waals surface area contributed by atoms with Crippen LogP contribution in [0.5, 0.6) is 0 Å². The van der Waals surface area contributed by atoms with E-state index in [4.69, 9.17) is 0 Å². The number of hydrogen-bond donors (Lipinski definition) is 1. The van der Waals surface area contributed by atoms with Crippen LogP contribution in [0.25, 0.3) is 11.3 Å². The van der Waals surface area contributed by atoms with Gasteiger partial charge in [-0.25, -0.2) is 13.5 Å². The third-order valence-electron chi connectivity index (χ3n) is 5.26. The standard InChI is InChI=1S/C23H27F2N5O2/c1-14(2)21(26-22(31)9-10-29-16(4)11-15(3)27-29)13-30-23(32)8-7-20(28-30)17-5-6-18(24)19(25)12-17/h5-8,11-12,14,21H,9-10,13H2,1-4H3,(H,26,31)/t21-/m0/s1. The van der Waals surface area contributed by atoms with Gasteiger partial charge in [-0.3, -0.25) is 14.3 Å². The second-order valence-corrected chi connectivity index (χ2v) is 8.19. The number of hydrogen-bond acceptors (Lipinski definition) is 4. The third-order valence-corrected chi connectivity index (χ3v) is 5.26. The molecule has 0 fully saturated rings. The molecule has 1 N–H and O–H groups in total. The van der Waals surface area contributed by atoms with Crippen molar-refractivity contribution in [3.63, 3.8) is 0 Å². The molecule has 1 atom stereocenters. The number of nitrogens with zero attached hydrogens (tertiary/aromatic N) is 4. The predicted molar refractivity (Wildman–Crippen MR) is 117 cm³/mol. The van der Waals surface area contributed by atoms with Crippen LogP contribution in [-0.2, 0) is 17.9 Å². The zero-order valence-electron chi connectivity index (χ0n) is 18.6. The summed E-state index contributed by atoms with van der Waals surface area (Å²) in [6.07, 6.45) is 0.252. The van der Waals surface area contributed by atoms with Crippen molar-refractivity contribution in [2.75, 3.05) is 0 Å². The number of carbonyl (C=O) groups excluding carboxylic acids is 1. The molecule has 0 saturated carbocycles. The highest BCUT2D eigenvalue weighted by Gasteiger charge is 2.19. The number of amides is 1. The van der Waals surface area contributed by atoms with Gasteiger partial charge in [0.05, 0.1) is 24.0 Å². The van der Waals surface area contributed by atoms with E-state index in [1.54, 1.807) is 4.68 Å². The highest BCUT2D eigenvalue weighted by molar-refractivity contribution is 5.76. The molecule has 7 nitrogen and oxygen atoms in total. The van der Waals surface area contributed by atoms with Gasteiger partial charge in [0.1, 0.15) is 0 Å². The van der Waals surface area contributed by atoms with Gasteiger partial charge in [-0.2, -0.15) is 10.2 Å². The van der Waals surface area contributed by atoms with Crippen molar-refractivity contribution in [2.45, 2.75) is 53.2 Å². The second kappa shape index (κ2) is 9.84. The Hall–Kier alpha value is -3.36. The highest BCUT2D eigenvalue weighted by atomic mass is 19.2. The maximum atomic E-state index is 13.6. The molecule has 9 heteroatoms. The fraction of sp³-hybridized carbons (Fsp3) is 0.391. The lowest BCUT2D eigenvalue weighted by molar-refractivity contribution is -0.122. The van der Waals surface area contributed by atoms with Gasteiger partial charge in [0.15, 0.2) is 11.6 Å². The van der Waals surface area contributed by atoms with Gasteiger partial charge >= 0.3 is 0 Å². The molecule has 0 radical (unpaired) electrons. The van der Waals surface area contributed by atoms with Crippen LogP contribution < -0.4 is 10.9 Å². The summed E-state index contributed by atoms with van der Waals surface area (Å²) < 4.78 is 29.9. The molecule has 170 valence electrons. The summed E-state index contributed by atoms with van der Waals surface area (Å²) in [7, 11) is 0. The first kappa shape index (κ1) is 23.3. The van der Waals surface area contributed by atoms with E-state index in [1.165, 1.54) is 22.9 Å². The Balaban J connectivity index is 1.72. The minimum Gasteiger partial charge on any atom is -0.351 e. The van der Waals surface area contributed by atoms with Crippen molar-refractivity contribution in [2.24, 2.45) is 5.92 Å². The van der Waals surface area contributed by atoms with E-state index < -0.39 is 11.6 Å². The van der Waals surface area contributed by atoms with Crippen LogP contribution in [0.15, 0.2) is 41.2 Å². The molecular weight excluding hydrogens is 416 g/mol. The quantitative estimate of drug-likeness (QED) is 0.580. The molecule has 0 aliphatic rings. The van der Waals surface area contributed by atoms with Crippen LogP contribution in [-0.4, -0.2) is 31.5 Å². The monoisotopic (exact) mass is 443 g/mol. The SMILES string of the molecule is Cc1cc(C)n(CCC(=O)N[C@@H](Cn2nc(-c3ccc(F)c(F)c3)ccc2=O)C(C)C)n1. The van der Waals surface area contributed by atoms with E-state index >= 15 is 0 Å². The number of rotatable bonds is 8. The molecule has 32 heavy (non-hydrogen) atoms. The first-order valence-corrected chi connectivity index (χ1v) is 10.5. The lowest BCUT2D eigenvalue weighted by atomic mass is 10.0. The normalized spacial score (nSPS) is 12.2. The Labute approximate surface area is 185 Å². The second-order valence-electron chi connectivity index (χ2n) is 8.19. The molecule has 1 aromatic carbocycles. The minimum atomic E-state index is -0.989. The molecule has 0 saturated heterocycles. The van der Waals surface area contributed by atoms with Crippen LogP contribution in [0.4, 0.5) is 8.78 Å². The van der Waals surface area contributed by atoms with Gasteiger partial charge in [-0.05, 0) is 50.1 Å². The average Bonchev–Trinajstić information content (AvgIpc) is 3.06. The fourth-order valence-corrected chi connectivity index (χ4v) is 3.39. The summed E-state index contributed by atoms with van der Waals surface area (Å²) in [5.74, 6) is -2.06. The summed E-state index contributed by atoms with van der Waals surface area (Å²) in [6.45, 7) is 8.33. The molecule has 2 aromatic heterocycles. The van der Waals surface area contributed by atoms with E-state index in [0.29, 0.717) is 17.8 Å². The number of carbonyl (C=O) groups is 1. The minimum absolute atomic E-state index is 0.0354. The van der Waals surface area contributed by atoms with E-state index in [1.807, 2.05) is 33.8 Å². The van der Waals surface area contributed by atoms with E-state index in [2.05, 4.69) is 15.5 Å². The third kappa shape index (κ3) is 5.66. The molecule has 0 bridgehead atoms. The Bertz CT molecular complexity index is 1170. The molecule has 0 unspecified atom stereocenters. The molecule has 0 aliphatic heterocycles. The van der Waals surface area contributed by atoms with Crippen LogP contribution in [0.1, 0.15) is 31.7 Å². The number of benzene rings is 1. The number of aromatic nitrogens is 4. The van der Waals surface area contributed by atoms with Crippen LogP contribution >= 0.6 is 0 Å². The smallest absolute Gasteiger partial charge is 0.266 e. The zero-order valence-corrected chi connectivity index (χ0v) is 18.6. The van der Waals surface area contributed by atoms with E-state index in [-0.39, 0.29) is 36.4 Å². The van der Waals surface area contributed by atoms with Crippen LogP contribution in [0.2, 0.25) is 0 Å². The summed E-state index contributed by atoms with van der Waals surface area (Å²) >= 11 is 0. The zero-order chi connectivity index (χ0) is 23.4. The van der Waals surface area contributed by atoms with Crippen molar-refractivity contribution >= 4 is 5.91 Å². The lowest BCUT2D eigenvalue weighted by Crippen LogP contribution is -2.44. The summed E-state index contributed by atoms with van der Waals surface area (Å²) in [4.78, 5) is 24.9. The van der Waals surface area contributed by atoms with Crippen molar-refractivity contribution in [1.82, 2.24) is 24.9 Å². The van der Waals surface area contributed by atoms with Crippen LogP contribution in [0.3, 0.4) is 0 Å². The molecule has 1 amide bonds. The van der Waals surface area contributed by atoms with Gasteiger partial charge < -0.3 is 5.32 Å². The first-order valence-electron chi connectivity index (χ1n) is 10.5. The van der Waals surface area contributed by atoms with Crippen molar-refractivity contribution in [3.05, 3.63) is 69.8 Å². The first-order chi connectivity index (χ1) is 15.1. The largest absolute Gasteiger partial charge is 0.351 e. The van der Waals surface area contributed by atoms with Gasteiger partial charge in [0, 0.05) is 30.3 Å².